The molecule has 0 bridgehead atoms. The van der Waals surface area contributed by atoms with E-state index in [4.69, 9.17) is 4.74 Å². The van der Waals surface area contributed by atoms with Gasteiger partial charge in [0.1, 0.15) is 17.6 Å². The van der Waals surface area contributed by atoms with Gasteiger partial charge in [0.15, 0.2) is 6.61 Å². The van der Waals surface area contributed by atoms with E-state index in [1.165, 1.54) is 23.1 Å². The quantitative estimate of drug-likeness (QED) is 0.757. The molecule has 1 aliphatic heterocycles. The van der Waals surface area contributed by atoms with Crippen molar-refractivity contribution in [1.29, 1.82) is 0 Å². The van der Waals surface area contributed by atoms with Crippen molar-refractivity contribution in [2.45, 2.75) is 12.2 Å². The topological polar surface area (TPSA) is 53.6 Å². The largest absolute Gasteiger partial charge is 0.484 e. The lowest BCUT2D eigenvalue weighted by atomic mass is 10.2. The number of carbonyl (C=O) groups is 1. The summed E-state index contributed by atoms with van der Waals surface area (Å²) in [4.78, 5) is 13.0. The van der Waals surface area contributed by atoms with Crippen molar-refractivity contribution >= 4 is 5.91 Å². The third kappa shape index (κ3) is 5.64. The van der Waals surface area contributed by atoms with Crippen molar-refractivity contribution in [3.05, 3.63) is 30.1 Å². The molecule has 2 N–H and O–H groups in total. The molecule has 9 heteroatoms. The molecule has 0 aliphatic carbocycles. The van der Waals surface area contributed by atoms with E-state index in [0.29, 0.717) is 13.1 Å². The maximum absolute atomic E-state index is 13.2. The first-order valence-corrected chi connectivity index (χ1v) is 7.53. The van der Waals surface area contributed by atoms with E-state index in [9.17, 15) is 22.4 Å². The van der Waals surface area contributed by atoms with E-state index in [1.807, 2.05) is 0 Å². The molecule has 5 nitrogen and oxygen atoms in total. The monoisotopic (exact) mass is 349 g/mol. The molecule has 0 saturated carbocycles. The van der Waals surface area contributed by atoms with Crippen LogP contribution in [0.15, 0.2) is 24.3 Å². The maximum Gasteiger partial charge on any atom is 0.405 e. The van der Waals surface area contributed by atoms with E-state index in [1.54, 1.807) is 0 Å². The number of hydrogen-bond donors (Lipinski definition) is 2. The lowest BCUT2D eigenvalue weighted by molar-refractivity contribution is -0.184. The third-order valence-electron chi connectivity index (χ3n) is 3.63. The maximum atomic E-state index is 13.2. The van der Waals surface area contributed by atoms with Crippen molar-refractivity contribution < 1.29 is 27.1 Å². The molecule has 1 unspecified atom stereocenters. The van der Waals surface area contributed by atoms with Gasteiger partial charge in [-0.25, -0.2) is 4.39 Å². The minimum atomic E-state index is -4.44. The van der Waals surface area contributed by atoms with Gasteiger partial charge < -0.3 is 15.4 Å². The van der Waals surface area contributed by atoms with Gasteiger partial charge in [-0.05, 0) is 12.1 Å². The summed E-state index contributed by atoms with van der Waals surface area (Å²) in [5, 5.41) is 5.21. The van der Waals surface area contributed by atoms with Crippen LogP contribution in [0.2, 0.25) is 0 Å². The van der Waals surface area contributed by atoms with Crippen LogP contribution < -0.4 is 15.4 Å². The Morgan fingerprint density at radius 3 is 2.67 bits per heavy atom. The summed E-state index contributed by atoms with van der Waals surface area (Å²) in [6.07, 6.45) is -4.44. The highest BCUT2D eigenvalue weighted by atomic mass is 19.4. The van der Waals surface area contributed by atoms with Gasteiger partial charge in [-0.1, -0.05) is 6.07 Å². The number of carbonyl (C=O) groups excluding carboxylic acids is 1. The van der Waals surface area contributed by atoms with E-state index in [0.717, 1.165) is 6.07 Å². The number of rotatable bonds is 6. The lowest BCUT2D eigenvalue weighted by Crippen LogP contribution is -2.57. The molecule has 1 atom stereocenters. The molecule has 1 saturated heterocycles. The molecule has 0 spiro atoms. The first-order chi connectivity index (χ1) is 11.4. The highest BCUT2D eigenvalue weighted by Gasteiger charge is 2.43. The van der Waals surface area contributed by atoms with E-state index < -0.39 is 37.1 Å². The summed E-state index contributed by atoms with van der Waals surface area (Å²) in [5.41, 5.74) is 0. The van der Waals surface area contributed by atoms with Crippen LogP contribution in [0.5, 0.6) is 5.75 Å². The molecular formula is C15H19F4N3O2. The zero-order valence-corrected chi connectivity index (χ0v) is 12.9. The van der Waals surface area contributed by atoms with Crippen molar-refractivity contribution in [3.8, 4) is 5.75 Å². The molecule has 1 amide bonds. The van der Waals surface area contributed by atoms with Crippen molar-refractivity contribution in [2.75, 3.05) is 39.3 Å². The van der Waals surface area contributed by atoms with Crippen LogP contribution in [0.3, 0.4) is 0 Å². The highest BCUT2D eigenvalue weighted by molar-refractivity contribution is 5.77. The van der Waals surface area contributed by atoms with Crippen LogP contribution in [-0.4, -0.2) is 62.4 Å². The fourth-order valence-electron chi connectivity index (χ4n) is 2.41. The van der Waals surface area contributed by atoms with Crippen LogP contribution >= 0.6 is 0 Å². The van der Waals surface area contributed by atoms with Gasteiger partial charge >= 0.3 is 6.18 Å². The molecule has 1 aromatic rings. The molecule has 0 radical (unpaired) electrons. The summed E-state index contributed by atoms with van der Waals surface area (Å²) < 4.78 is 57.5. The second kappa shape index (κ2) is 8.29. The van der Waals surface area contributed by atoms with Gasteiger partial charge in [0.2, 0.25) is 0 Å². The normalized spacial score (nSPS) is 17.3. The fourth-order valence-corrected chi connectivity index (χ4v) is 2.41. The Labute approximate surface area is 137 Å². The van der Waals surface area contributed by atoms with Crippen molar-refractivity contribution in [1.82, 2.24) is 15.5 Å². The Bertz CT molecular complexity index is 548. The van der Waals surface area contributed by atoms with Crippen LogP contribution in [-0.2, 0) is 4.79 Å². The zero-order chi connectivity index (χ0) is 17.6. The number of amides is 1. The van der Waals surface area contributed by atoms with Gasteiger partial charge in [0.25, 0.3) is 5.91 Å². The molecule has 0 aromatic heterocycles. The summed E-state index contributed by atoms with van der Waals surface area (Å²) in [5.74, 6) is -1.08. The molecule has 1 heterocycles. The smallest absolute Gasteiger partial charge is 0.405 e. The Hall–Kier alpha value is -1.87. The molecule has 1 aliphatic rings. The minimum absolute atomic E-state index is 0.139. The predicted octanol–water partition coefficient (Wildman–Crippen LogP) is 1.16. The number of piperazine rings is 1. The molecule has 2 rings (SSSR count). The van der Waals surface area contributed by atoms with Gasteiger partial charge in [0, 0.05) is 38.8 Å². The van der Waals surface area contributed by atoms with Crippen LogP contribution in [0.1, 0.15) is 0 Å². The Kier molecular flexibility index (Phi) is 6.38. The highest BCUT2D eigenvalue weighted by Crippen LogP contribution is 2.24. The molecule has 24 heavy (non-hydrogen) atoms. The Morgan fingerprint density at radius 2 is 2.04 bits per heavy atom. The number of halogens is 4. The third-order valence-corrected chi connectivity index (χ3v) is 3.63. The molecular weight excluding hydrogens is 330 g/mol. The van der Waals surface area contributed by atoms with E-state index in [-0.39, 0.29) is 18.8 Å². The average Bonchev–Trinajstić information content (AvgIpc) is 2.53. The molecule has 1 fully saturated rings. The van der Waals surface area contributed by atoms with Crippen LogP contribution in [0, 0.1) is 5.82 Å². The Balaban J connectivity index is 1.83. The first kappa shape index (κ1) is 18.5. The Morgan fingerprint density at radius 1 is 1.33 bits per heavy atom. The molecule has 134 valence electrons. The van der Waals surface area contributed by atoms with Gasteiger partial charge in [-0.2, -0.15) is 13.2 Å². The van der Waals surface area contributed by atoms with Crippen LogP contribution in [0.25, 0.3) is 0 Å². The molecule has 1 aromatic carbocycles. The number of benzene rings is 1. The standard InChI is InChI=1S/C15H19F4N3O2/c16-11-2-1-3-12(8-11)24-10-14(23)21-9-13(15(17,18)19)22-6-4-20-5-7-22/h1-3,8,13,20H,4-7,9-10H2,(H,21,23). The summed E-state index contributed by atoms with van der Waals surface area (Å²) in [7, 11) is 0. The van der Waals surface area contributed by atoms with E-state index in [2.05, 4.69) is 10.6 Å². The second-order valence-electron chi connectivity index (χ2n) is 5.39. The number of alkyl halides is 3. The zero-order valence-electron chi connectivity index (χ0n) is 12.9. The van der Waals surface area contributed by atoms with Gasteiger partial charge in [-0.15, -0.1) is 0 Å². The lowest BCUT2D eigenvalue weighted by Gasteiger charge is -2.35. The first-order valence-electron chi connectivity index (χ1n) is 7.53. The van der Waals surface area contributed by atoms with Gasteiger partial charge in [-0.3, -0.25) is 9.69 Å². The average molecular weight is 349 g/mol. The number of nitrogens with one attached hydrogen (secondary N) is 2. The van der Waals surface area contributed by atoms with Crippen LogP contribution in [0.4, 0.5) is 17.6 Å². The SMILES string of the molecule is O=C(COc1cccc(F)c1)NCC(N1CCNCC1)C(F)(F)F. The van der Waals surface area contributed by atoms with Gasteiger partial charge in [0.05, 0.1) is 0 Å². The van der Waals surface area contributed by atoms with Crippen molar-refractivity contribution in [2.24, 2.45) is 0 Å². The second-order valence-corrected chi connectivity index (χ2v) is 5.39. The minimum Gasteiger partial charge on any atom is -0.484 e. The predicted molar refractivity (Wildman–Crippen MR) is 79.2 cm³/mol. The van der Waals surface area contributed by atoms with Crippen molar-refractivity contribution in [3.63, 3.8) is 0 Å². The number of hydrogen-bond acceptors (Lipinski definition) is 4. The van der Waals surface area contributed by atoms with E-state index >= 15 is 0 Å². The number of ether oxygens (including phenoxy) is 1. The fraction of sp³-hybridized carbons (Fsp3) is 0.533. The summed E-state index contributed by atoms with van der Waals surface area (Å²) >= 11 is 0. The summed E-state index contributed by atoms with van der Waals surface area (Å²) in [6.45, 7) is 0.455. The number of nitrogens with zero attached hydrogens (tertiary/aromatic N) is 1. The summed E-state index contributed by atoms with van der Waals surface area (Å²) in [6, 6.07) is 3.43.